The van der Waals surface area contributed by atoms with Crippen LogP contribution in [0.2, 0.25) is 0 Å². The summed E-state index contributed by atoms with van der Waals surface area (Å²) in [6, 6.07) is 6.42. The number of methoxy groups -OCH3 is 1. The van der Waals surface area contributed by atoms with E-state index >= 15 is 0 Å². The van der Waals surface area contributed by atoms with Gasteiger partial charge in [0.25, 0.3) is 10.0 Å². The number of nitrogens with two attached hydrogens (primary N) is 1. The molecular formula is C13H12F2N2O3S. The van der Waals surface area contributed by atoms with Gasteiger partial charge in [-0.25, -0.2) is 17.2 Å². The highest BCUT2D eigenvalue weighted by molar-refractivity contribution is 7.92. The van der Waals surface area contributed by atoms with E-state index in [1.807, 2.05) is 0 Å². The van der Waals surface area contributed by atoms with Crippen molar-refractivity contribution in [3.05, 3.63) is 48.0 Å². The van der Waals surface area contributed by atoms with Gasteiger partial charge in [-0.2, -0.15) is 0 Å². The average Bonchev–Trinajstić information content (AvgIpc) is 2.43. The monoisotopic (exact) mass is 314 g/mol. The van der Waals surface area contributed by atoms with Crippen molar-refractivity contribution in [1.29, 1.82) is 0 Å². The molecule has 112 valence electrons. The standard InChI is InChI=1S/C13H12F2N2O3S/c1-20-12-6-8(14)2-5-11(12)17-21(18,19)13-7-9(16)3-4-10(13)15/h2-7,17H,16H2,1H3. The zero-order valence-corrected chi connectivity index (χ0v) is 11.7. The van der Waals surface area contributed by atoms with E-state index in [9.17, 15) is 17.2 Å². The summed E-state index contributed by atoms with van der Waals surface area (Å²) in [7, 11) is -2.96. The lowest BCUT2D eigenvalue weighted by Gasteiger charge is -2.12. The van der Waals surface area contributed by atoms with Crippen LogP contribution in [0.15, 0.2) is 41.3 Å². The molecule has 0 bridgehead atoms. The van der Waals surface area contributed by atoms with E-state index in [0.29, 0.717) is 0 Å². The van der Waals surface area contributed by atoms with Crippen LogP contribution in [0.5, 0.6) is 5.75 Å². The van der Waals surface area contributed by atoms with Gasteiger partial charge in [0.2, 0.25) is 0 Å². The Balaban J connectivity index is 2.45. The van der Waals surface area contributed by atoms with Crippen LogP contribution in [-0.2, 0) is 10.0 Å². The van der Waals surface area contributed by atoms with Gasteiger partial charge in [0, 0.05) is 11.8 Å². The van der Waals surface area contributed by atoms with E-state index in [4.69, 9.17) is 10.5 Å². The summed E-state index contributed by atoms with van der Waals surface area (Å²) in [6.07, 6.45) is 0. The second-order valence-electron chi connectivity index (χ2n) is 4.14. The van der Waals surface area contributed by atoms with Crippen LogP contribution < -0.4 is 15.2 Å². The van der Waals surface area contributed by atoms with Crippen LogP contribution in [0.25, 0.3) is 0 Å². The van der Waals surface area contributed by atoms with Gasteiger partial charge in [-0.05, 0) is 30.3 Å². The van der Waals surface area contributed by atoms with E-state index in [2.05, 4.69) is 4.72 Å². The second-order valence-corrected chi connectivity index (χ2v) is 5.79. The van der Waals surface area contributed by atoms with Crippen molar-refractivity contribution in [2.24, 2.45) is 0 Å². The largest absolute Gasteiger partial charge is 0.494 e. The third kappa shape index (κ3) is 3.22. The molecule has 2 aromatic carbocycles. The summed E-state index contributed by atoms with van der Waals surface area (Å²) in [5.41, 5.74) is 5.55. The Kier molecular flexibility index (Phi) is 3.99. The van der Waals surface area contributed by atoms with Crippen LogP contribution in [0.3, 0.4) is 0 Å². The highest BCUT2D eigenvalue weighted by atomic mass is 32.2. The lowest BCUT2D eigenvalue weighted by molar-refractivity contribution is 0.413. The molecule has 3 N–H and O–H groups in total. The predicted molar refractivity (Wildman–Crippen MR) is 74.6 cm³/mol. The first-order chi connectivity index (χ1) is 9.83. The third-order valence-corrected chi connectivity index (χ3v) is 4.03. The first-order valence-corrected chi connectivity index (χ1v) is 7.23. The molecule has 0 spiro atoms. The number of benzene rings is 2. The fourth-order valence-electron chi connectivity index (χ4n) is 1.67. The Morgan fingerprint density at radius 3 is 2.52 bits per heavy atom. The Hall–Kier alpha value is -2.35. The van der Waals surface area contributed by atoms with Crippen LogP contribution in [0.4, 0.5) is 20.2 Å². The molecule has 0 atom stereocenters. The van der Waals surface area contributed by atoms with Crippen LogP contribution in [0.1, 0.15) is 0 Å². The molecule has 21 heavy (non-hydrogen) atoms. The predicted octanol–water partition coefficient (Wildman–Crippen LogP) is 2.36. The maximum absolute atomic E-state index is 13.6. The SMILES string of the molecule is COc1cc(F)ccc1NS(=O)(=O)c1cc(N)ccc1F. The molecule has 0 radical (unpaired) electrons. The van der Waals surface area contributed by atoms with Gasteiger partial charge < -0.3 is 10.5 Å². The number of anilines is 2. The molecule has 0 saturated heterocycles. The molecule has 5 nitrogen and oxygen atoms in total. The molecule has 8 heteroatoms. The molecule has 0 aliphatic rings. The van der Waals surface area contributed by atoms with Crippen LogP contribution in [0, 0.1) is 11.6 Å². The van der Waals surface area contributed by atoms with E-state index in [1.54, 1.807) is 0 Å². The van der Waals surface area contributed by atoms with E-state index in [1.165, 1.54) is 19.2 Å². The Labute approximate surface area is 120 Å². The minimum atomic E-state index is -4.22. The number of hydrogen-bond acceptors (Lipinski definition) is 4. The van der Waals surface area contributed by atoms with E-state index < -0.39 is 26.6 Å². The highest BCUT2D eigenvalue weighted by Crippen LogP contribution is 2.28. The Morgan fingerprint density at radius 1 is 1.14 bits per heavy atom. The van der Waals surface area contributed by atoms with Gasteiger partial charge in [-0.15, -0.1) is 0 Å². The first-order valence-electron chi connectivity index (χ1n) is 5.75. The molecule has 0 aliphatic heterocycles. The summed E-state index contributed by atoms with van der Waals surface area (Å²) in [5, 5.41) is 0. The summed E-state index contributed by atoms with van der Waals surface area (Å²) in [6.45, 7) is 0. The van der Waals surface area contributed by atoms with Crippen molar-refractivity contribution < 1.29 is 21.9 Å². The zero-order chi connectivity index (χ0) is 15.6. The highest BCUT2D eigenvalue weighted by Gasteiger charge is 2.21. The van der Waals surface area contributed by atoms with Crippen LogP contribution in [-0.4, -0.2) is 15.5 Å². The molecule has 0 saturated carbocycles. The van der Waals surface area contributed by atoms with Gasteiger partial charge in [0.05, 0.1) is 12.8 Å². The number of halogens is 2. The fraction of sp³-hybridized carbons (Fsp3) is 0.0769. The van der Waals surface area contributed by atoms with Crippen molar-refractivity contribution in [1.82, 2.24) is 0 Å². The third-order valence-electron chi connectivity index (χ3n) is 2.65. The first kappa shape index (κ1) is 15.0. The zero-order valence-electron chi connectivity index (χ0n) is 10.9. The molecule has 0 heterocycles. The number of rotatable bonds is 4. The fourth-order valence-corrected chi connectivity index (χ4v) is 2.86. The topological polar surface area (TPSA) is 81.4 Å². The molecular weight excluding hydrogens is 302 g/mol. The van der Waals surface area contributed by atoms with Gasteiger partial charge in [0.15, 0.2) is 0 Å². The molecule has 0 fully saturated rings. The van der Waals surface area contributed by atoms with Crippen molar-refractivity contribution in [2.45, 2.75) is 4.90 Å². The van der Waals surface area contributed by atoms with Crippen molar-refractivity contribution in [3.63, 3.8) is 0 Å². The van der Waals surface area contributed by atoms with Crippen molar-refractivity contribution in [3.8, 4) is 5.75 Å². The number of ether oxygens (including phenoxy) is 1. The quantitative estimate of drug-likeness (QED) is 0.849. The smallest absolute Gasteiger partial charge is 0.265 e. The lowest BCUT2D eigenvalue weighted by Crippen LogP contribution is -2.15. The minimum absolute atomic E-state index is 0.0132. The maximum atomic E-state index is 13.6. The van der Waals surface area contributed by atoms with Gasteiger partial charge in [0.1, 0.15) is 22.3 Å². The normalized spacial score (nSPS) is 11.2. The average molecular weight is 314 g/mol. The number of sulfonamides is 1. The lowest BCUT2D eigenvalue weighted by atomic mass is 10.3. The summed E-state index contributed by atoms with van der Waals surface area (Å²) in [5.74, 6) is -1.56. The van der Waals surface area contributed by atoms with Gasteiger partial charge in [-0.3, -0.25) is 4.72 Å². The second kappa shape index (κ2) is 5.57. The number of nitrogens with one attached hydrogen (secondary N) is 1. The van der Waals surface area contributed by atoms with E-state index in [-0.39, 0.29) is 17.1 Å². The maximum Gasteiger partial charge on any atom is 0.265 e. The van der Waals surface area contributed by atoms with Gasteiger partial charge >= 0.3 is 0 Å². The molecule has 0 amide bonds. The molecule has 0 unspecified atom stereocenters. The summed E-state index contributed by atoms with van der Waals surface area (Å²) in [4.78, 5) is -0.603. The molecule has 0 aromatic heterocycles. The molecule has 0 aliphatic carbocycles. The Bertz CT molecular complexity index is 779. The number of hydrogen-bond donors (Lipinski definition) is 2. The molecule has 2 aromatic rings. The molecule has 2 rings (SSSR count). The van der Waals surface area contributed by atoms with Crippen molar-refractivity contribution in [2.75, 3.05) is 17.6 Å². The number of nitrogen functional groups attached to an aromatic ring is 1. The Morgan fingerprint density at radius 2 is 1.86 bits per heavy atom. The minimum Gasteiger partial charge on any atom is -0.494 e. The van der Waals surface area contributed by atoms with Crippen LogP contribution >= 0.6 is 0 Å². The van der Waals surface area contributed by atoms with E-state index in [0.717, 1.165) is 24.3 Å². The summed E-state index contributed by atoms with van der Waals surface area (Å²) < 4.78 is 58.1. The summed E-state index contributed by atoms with van der Waals surface area (Å²) >= 11 is 0. The van der Waals surface area contributed by atoms with Gasteiger partial charge in [-0.1, -0.05) is 0 Å². The van der Waals surface area contributed by atoms with Crippen molar-refractivity contribution >= 4 is 21.4 Å².